The Bertz CT molecular complexity index is 862. The maximum Gasteiger partial charge on any atom is 0.229 e. The molecule has 6 nitrogen and oxygen atoms in total. The van der Waals surface area contributed by atoms with Gasteiger partial charge in [-0.05, 0) is 42.2 Å². The number of rotatable bonds is 4. The standard InChI is InChI=1S/C17H14FN5O/c18-12-1-2-16(20-10-12)23-8-5-15(22-23)21-17(24)14-9-13(14)11-3-6-19-7-4-11/h1-8,10,13-14H,9H2,(H,21,22,24)/t13-,14+/m0/s1. The fourth-order valence-corrected chi connectivity index (χ4v) is 2.70. The Morgan fingerprint density at radius 1 is 1.21 bits per heavy atom. The first-order valence-electron chi connectivity index (χ1n) is 7.59. The van der Waals surface area contributed by atoms with E-state index in [-0.39, 0.29) is 17.7 Å². The van der Waals surface area contributed by atoms with Gasteiger partial charge in [0.05, 0.1) is 6.20 Å². The Balaban J connectivity index is 1.41. The minimum Gasteiger partial charge on any atom is -0.309 e. The monoisotopic (exact) mass is 323 g/mol. The molecule has 4 rings (SSSR count). The zero-order chi connectivity index (χ0) is 16.5. The summed E-state index contributed by atoms with van der Waals surface area (Å²) in [5.74, 6) is 0.685. The number of halogens is 1. The third-order valence-corrected chi connectivity index (χ3v) is 4.05. The highest BCUT2D eigenvalue weighted by Gasteiger charge is 2.44. The molecule has 1 aliphatic rings. The first-order valence-corrected chi connectivity index (χ1v) is 7.59. The van der Waals surface area contributed by atoms with Crippen molar-refractivity contribution in [3.63, 3.8) is 0 Å². The van der Waals surface area contributed by atoms with Gasteiger partial charge in [0, 0.05) is 30.6 Å². The van der Waals surface area contributed by atoms with E-state index in [1.807, 2.05) is 12.1 Å². The van der Waals surface area contributed by atoms with E-state index in [9.17, 15) is 9.18 Å². The van der Waals surface area contributed by atoms with Crippen molar-refractivity contribution >= 4 is 11.7 Å². The second kappa shape index (κ2) is 5.84. The summed E-state index contributed by atoms with van der Waals surface area (Å²) in [5.41, 5.74) is 1.13. The molecular formula is C17H14FN5O. The van der Waals surface area contributed by atoms with Crippen molar-refractivity contribution in [1.29, 1.82) is 0 Å². The van der Waals surface area contributed by atoms with E-state index in [0.29, 0.717) is 11.6 Å². The predicted octanol–water partition coefficient (Wildman–Crippen LogP) is 2.54. The van der Waals surface area contributed by atoms with Crippen molar-refractivity contribution in [1.82, 2.24) is 19.7 Å². The van der Waals surface area contributed by atoms with Gasteiger partial charge in [-0.15, -0.1) is 5.10 Å². The van der Waals surface area contributed by atoms with E-state index in [4.69, 9.17) is 0 Å². The molecule has 0 aromatic carbocycles. The van der Waals surface area contributed by atoms with Crippen LogP contribution in [0.2, 0.25) is 0 Å². The summed E-state index contributed by atoms with van der Waals surface area (Å²) in [6, 6.07) is 8.40. The van der Waals surface area contributed by atoms with Crippen molar-refractivity contribution in [3.05, 3.63) is 66.5 Å². The lowest BCUT2D eigenvalue weighted by atomic mass is 10.1. The number of nitrogens with one attached hydrogen (secondary N) is 1. The molecule has 24 heavy (non-hydrogen) atoms. The quantitative estimate of drug-likeness (QED) is 0.801. The number of hydrogen-bond donors (Lipinski definition) is 1. The van der Waals surface area contributed by atoms with E-state index >= 15 is 0 Å². The fourth-order valence-electron chi connectivity index (χ4n) is 2.70. The molecule has 1 amide bonds. The van der Waals surface area contributed by atoms with Crippen LogP contribution in [0.3, 0.4) is 0 Å². The van der Waals surface area contributed by atoms with Crippen LogP contribution in [0.4, 0.5) is 10.2 Å². The Labute approximate surface area is 137 Å². The van der Waals surface area contributed by atoms with Crippen LogP contribution >= 0.6 is 0 Å². The molecule has 1 N–H and O–H groups in total. The van der Waals surface area contributed by atoms with Gasteiger partial charge in [0.15, 0.2) is 11.6 Å². The summed E-state index contributed by atoms with van der Waals surface area (Å²) in [4.78, 5) is 20.2. The van der Waals surface area contributed by atoms with E-state index in [2.05, 4.69) is 20.4 Å². The Morgan fingerprint density at radius 2 is 2.04 bits per heavy atom. The topological polar surface area (TPSA) is 72.7 Å². The number of carbonyl (C=O) groups is 1. The van der Waals surface area contributed by atoms with E-state index in [1.165, 1.54) is 16.8 Å². The molecule has 120 valence electrons. The van der Waals surface area contributed by atoms with Crippen LogP contribution in [-0.4, -0.2) is 25.7 Å². The zero-order valence-corrected chi connectivity index (χ0v) is 12.6. The van der Waals surface area contributed by atoms with Gasteiger partial charge in [0.1, 0.15) is 5.82 Å². The lowest BCUT2D eigenvalue weighted by Gasteiger charge is -2.02. The van der Waals surface area contributed by atoms with Crippen molar-refractivity contribution in [3.8, 4) is 5.82 Å². The second-order valence-corrected chi connectivity index (χ2v) is 5.70. The maximum absolute atomic E-state index is 12.9. The molecule has 0 bridgehead atoms. The molecule has 2 atom stereocenters. The van der Waals surface area contributed by atoms with Crippen LogP contribution in [-0.2, 0) is 4.79 Å². The lowest BCUT2D eigenvalue weighted by molar-refractivity contribution is -0.117. The smallest absolute Gasteiger partial charge is 0.229 e. The average Bonchev–Trinajstić information content (AvgIpc) is 3.29. The summed E-state index contributed by atoms with van der Waals surface area (Å²) in [7, 11) is 0. The number of hydrogen-bond acceptors (Lipinski definition) is 4. The molecule has 0 radical (unpaired) electrons. The van der Waals surface area contributed by atoms with Gasteiger partial charge < -0.3 is 5.32 Å². The molecule has 3 heterocycles. The van der Waals surface area contributed by atoms with E-state index in [0.717, 1.165) is 18.2 Å². The Morgan fingerprint density at radius 3 is 2.79 bits per heavy atom. The number of nitrogens with zero attached hydrogens (tertiary/aromatic N) is 4. The number of anilines is 1. The van der Waals surface area contributed by atoms with Crippen LogP contribution in [0.25, 0.3) is 5.82 Å². The van der Waals surface area contributed by atoms with Gasteiger partial charge in [-0.3, -0.25) is 9.78 Å². The van der Waals surface area contributed by atoms with Crippen LogP contribution < -0.4 is 5.32 Å². The molecule has 0 spiro atoms. The van der Waals surface area contributed by atoms with E-state index in [1.54, 1.807) is 24.7 Å². The van der Waals surface area contributed by atoms with Crippen molar-refractivity contribution in [2.24, 2.45) is 5.92 Å². The lowest BCUT2D eigenvalue weighted by Crippen LogP contribution is -2.15. The van der Waals surface area contributed by atoms with Crippen LogP contribution in [0.5, 0.6) is 0 Å². The Kier molecular flexibility index (Phi) is 3.53. The number of carbonyl (C=O) groups excluding carboxylic acids is 1. The minimum atomic E-state index is -0.407. The molecule has 7 heteroatoms. The summed E-state index contributed by atoms with van der Waals surface area (Å²) in [6.07, 6.45) is 7.10. The van der Waals surface area contributed by atoms with Crippen LogP contribution in [0, 0.1) is 11.7 Å². The van der Waals surface area contributed by atoms with Gasteiger partial charge in [0.25, 0.3) is 0 Å². The van der Waals surface area contributed by atoms with Crippen molar-refractivity contribution in [2.45, 2.75) is 12.3 Å². The van der Waals surface area contributed by atoms with Crippen LogP contribution in [0.15, 0.2) is 55.1 Å². The molecule has 1 saturated carbocycles. The second-order valence-electron chi connectivity index (χ2n) is 5.70. The fraction of sp³-hybridized carbons (Fsp3) is 0.176. The molecular weight excluding hydrogens is 309 g/mol. The van der Waals surface area contributed by atoms with Crippen LogP contribution in [0.1, 0.15) is 17.9 Å². The molecule has 0 unspecified atom stereocenters. The molecule has 3 aromatic heterocycles. The third kappa shape index (κ3) is 2.88. The molecule has 0 saturated heterocycles. The van der Waals surface area contributed by atoms with Gasteiger partial charge in [-0.25, -0.2) is 14.1 Å². The summed E-state index contributed by atoms with van der Waals surface area (Å²) in [6.45, 7) is 0. The molecule has 1 fully saturated rings. The first kappa shape index (κ1) is 14.5. The first-order chi connectivity index (χ1) is 11.7. The minimum absolute atomic E-state index is 0.0403. The summed E-state index contributed by atoms with van der Waals surface area (Å²) < 4.78 is 14.4. The van der Waals surface area contributed by atoms with Gasteiger partial charge in [0.2, 0.25) is 5.91 Å². The number of amides is 1. The highest BCUT2D eigenvalue weighted by atomic mass is 19.1. The largest absolute Gasteiger partial charge is 0.309 e. The third-order valence-electron chi connectivity index (χ3n) is 4.05. The highest BCUT2D eigenvalue weighted by molar-refractivity contribution is 5.94. The summed E-state index contributed by atoms with van der Waals surface area (Å²) in [5, 5.41) is 7.06. The SMILES string of the molecule is O=C(Nc1ccn(-c2ccc(F)cn2)n1)[C@@H]1C[C@H]1c1ccncc1. The van der Waals surface area contributed by atoms with Gasteiger partial charge >= 0.3 is 0 Å². The van der Waals surface area contributed by atoms with Crippen molar-refractivity contribution in [2.75, 3.05) is 5.32 Å². The van der Waals surface area contributed by atoms with E-state index < -0.39 is 5.82 Å². The maximum atomic E-state index is 12.9. The molecule has 3 aromatic rings. The normalized spacial score (nSPS) is 19.0. The number of aromatic nitrogens is 4. The summed E-state index contributed by atoms with van der Waals surface area (Å²) >= 11 is 0. The highest BCUT2D eigenvalue weighted by Crippen LogP contribution is 2.47. The Hall–Kier alpha value is -3.09. The number of pyridine rings is 2. The van der Waals surface area contributed by atoms with Gasteiger partial charge in [-0.2, -0.15) is 0 Å². The molecule has 0 aliphatic heterocycles. The van der Waals surface area contributed by atoms with Gasteiger partial charge in [-0.1, -0.05) is 0 Å². The predicted molar refractivity (Wildman–Crippen MR) is 85.0 cm³/mol. The van der Waals surface area contributed by atoms with Crippen molar-refractivity contribution < 1.29 is 9.18 Å². The average molecular weight is 323 g/mol. The molecule has 1 aliphatic carbocycles. The zero-order valence-electron chi connectivity index (χ0n) is 12.6.